The summed E-state index contributed by atoms with van der Waals surface area (Å²) in [6, 6.07) is 8.48. The Morgan fingerprint density at radius 2 is 2.32 bits per heavy atom. The maximum absolute atomic E-state index is 5.59. The van der Waals surface area contributed by atoms with Gasteiger partial charge in [-0.3, -0.25) is 0 Å². The van der Waals surface area contributed by atoms with E-state index in [-0.39, 0.29) is 0 Å². The van der Waals surface area contributed by atoms with Gasteiger partial charge in [-0.15, -0.1) is 0 Å². The fraction of sp³-hybridized carbons (Fsp3) is 0.353. The Morgan fingerprint density at radius 1 is 1.41 bits per heavy atom. The van der Waals surface area contributed by atoms with Crippen LogP contribution >= 0.6 is 23.6 Å². The summed E-state index contributed by atoms with van der Waals surface area (Å²) in [5, 5.41) is 11.4. The van der Waals surface area contributed by atoms with Gasteiger partial charge in [0.05, 0.1) is 6.10 Å². The van der Waals surface area contributed by atoms with Crippen LogP contribution in [-0.4, -0.2) is 24.4 Å². The molecule has 1 saturated heterocycles. The van der Waals surface area contributed by atoms with E-state index in [0.717, 1.165) is 31.7 Å². The molecule has 1 aliphatic heterocycles. The Kier molecular flexibility index (Phi) is 5.08. The van der Waals surface area contributed by atoms with Gasteiger partial charge in [-0.1, -0.05) is 6.07 Å². The lowest BCUT2D eigenvalue weighted by Gasteiger charge is -2.15. The van der Waals surface area contributed by atoms with Gasteiger partial charge in [-0.25, -0.2) is 0 Å². The van der Waals surface area contributed by atoms with E-state index in [1.54, 1.807) is 11.3 Å². The molecule has 0 radical (unpaired) electrons. The van der Waals surface area contributed by atoms with Crippen LogP contribution in [0.1, 0.15) is 18.4 Å². The second-order valence-corrected chi connectivity index (χ2v) is 6.70. The van der Waals surface area contributed by atoms with E-state index >= 15 is 0 Å². The maximum Gasteiger partial charge on any atom is 0.170 e. The highest BCUT2D eigenvalue weighted by atomic mass is 32.1. The molecule has 116 valence electrons. The number of ether oxygens (including phenoxy) is 1. The van der Waals surface area contributed by atoms with Gasteiger partial charge in [0.25, 0.3) is 0 Å². The van der Waals surface area contributed by atoms with Gasteiger partial charge in [0.1, 0.15) is 0 Å². The topological polar surface area (TPSA) is 33.3 Å². The molecule has 1 unspecified atom stereocenters. The number of rotatable bonds is 4. The van der Waals surface area contributed by atoms with Crippen LogP contribution in [0.4, 0.5) is 5.69 Å². The summed E-state index contributed by atoms with van der Waals surface area (Å²) >= 11 is 7.08. The van der Waals surface area contributed by atoms with Gasteiger partial charge in [-0.05, 0) is 77.6 Å². The van der Waals surface area contributed by atoms with Crippen LogP contribution in [0.3, 0.4) is 0 Å². The van der Waals surface area contributed by atoms with Crippen molar-refractivity contribution in [3.63, 3.8) is 0 Å². The van der Waals surface area contributed by atoms with Crippen LogP contribution in [0, 0.1) is 6.92 Å². The molecule has 0 bridgehead atoms. The summed E-state index contributed by atoms with van der Waals surface area (Å²) in [4.78, 5) is 0. The molecule has 1 aromatic heterocycles. The summed E-state index contributed by atoms with van der Waals surface area (Å²) < 4.78 is 5.59. The standard InChI is InChI=1S/C17H20N2OS2/c1-12-4-5-14(9-16(12)13-6-8-22-11-13)19-17(21)18-10-15-3-2-7-20-15/h4-6,8-9,11,15H,2-3,7,10H2,1H3,(H2,18,19,21). The van der Waals surface area contributed by atoms with Crippen molar-refractivity contribution in [3.8, 4) is 11.1 Å². The molecule has 0 amide bonds. The first-order valence-corrected chi connectivity index (χ1v) is 8.87. The van der Waals surface area contributed by atoms with Crippen LogP contribution < -0.4 is 10.6 Å². The van der Waals surface area contributed by atoms with E-state index in [9.17, 15) is 0 Å². The number of aryl methyl sites for hydroxylation is 1. The molecule has 3 nitrogen and oxygen atoms in total. The third-order valence-electron chi connectivity index (χ3n) is 3.84. The van der Waals surface area contributed by atoms with Crippen LogP contribution in [0.2, 0.25) is 0 Å². The third-order valence-corrected chi connectivity index (χ3v) is 4.77. The summed E-state index contributed by atoms with van der Waals surface area (Å²) in [7, 11) is 0. The summed E-state index contributed by atoms with van der Waals surface area (Å²) in [5.74, 6) is 0. The minimum absolute atomic E-state index is 0.291. The molecule has 0 aliphatic carbocycles. The molecule has 22 heavy (non-hydrogen) atoms. The first kappa shape index (κ1) is 15.5. The molecular weight excluding hydrogens is 312 g/mol. The van der Waals surface area contributed by atoms with Crippen molar-refractivity contribution in [1.29, 1.82) is 0 Å². The minimum Gasteiger partial charge on any atom is -0.376 e. The number of anilines is 1. The van der Waals surface area contributed by atoms with E-state index in [1.165, 1.54) is 16.7 Å². The Labute approximate surface area is 140 Å². The quantitative estimate of drug-likeness (QED) is 0.823. The summed E-state index contributed by atoms with van der Waals surface area (Å²) in [6.45, 7) is 3.77. The number of nitrogens with one attached hydrogen (secondary N) is 2. The van der Waals surface area contributed by atoms with Crippen molar-refractivity contribution in [1.82, 2.24) is 5.32 Å². The van der Waals surface area contributed by atoms with E-state index < -0.39 is 0 Å². The highest BCUT2D eigenvalue weighted by molar-refractivity contribution is 7.80. The van der Waals surface area contributed by atoms with Gasteiger partial charge in [0.2, 0.25) is 0 Å². The van der Waals surface area contributed by atoms with Gasteiger partial charge in [-0.2, -0.15) is 11.3 Å². The second kappa shape index (κ2) is 7.22. The molecule has 1 aliphatic rings. The third kappa shape index (κ3) is 3.85. The lowest BCUT2D eigenvalue weighted by molar-refractivity contribution is 0.114. The number of hydrogen-bond acceptors (Lipinski definition) is 3. The zero-order valence-corrected chi connectivity index (χ0v) is 14.2. The predicted molar refractivity (Wildman–Crippen MR) is 97.7 cm³/mol. The molecule has 2 heterocycles. The zero-order chi connectivity index (χ0) is 15.4. The number of hydrogen-bond donors (Lipinski definition) is 2. The largest absolute Gasteiger partial charge is 0.376 e. The van der Waals surface area contributed by atoms with E-state index in [4.69, 9.17) is 17.0 Å². The number of benzene rings is 1. The van der Waals surface area contributed by atoms with Crippen molar-refractivity contribution in [3.05, 3.63) is 40.6 Å². The van der Waals surface area contributed by atoms with Crippen molar-refractivity contribution < 1.29 is 4.74 Å². The molecule has 3 rings (SSSR count). The highest BCUT2D eigenvalue weighted by Gasteiger charge is 2.15. The summed E-state index contributed by atoms with van der Waals surface area (Å²) in [6.07, 6.45) is 2.55. The Hall–Kier alpha value is -1.43. The normalized spacial score (nSPS) is 17.4. The first-order chi connectivity index (χ1) is 10.7. The fourth-order valence-corrected chi connectivity index (χ4v) is 3.47. The van der Waals surface area contributed by atoms with Crippen LogP contribution in [0.25, 0.3) is 11.1 Å². The molecule has 2 N–H and O–H groups in total. The Morgan fingerprint density at radius 3 is 3.05 bits per heavy atom. The van der Waals surface area contributed by atoms with Gasteiger partial charge >= 0.3 is 0 Å². The molecule has 1 atom stereocenters. The molecular formula is C17H20N2OS2. The first-order valence-electron chi connectivity index (χ1n) is 7.52. The average molecular weight is 332 g/mol. The van der Waals surface area contributed by atoms with Crippen LogP contribution in [-0.2, 0) is 4.74 Å². The zero-order valence-electron chi connectivity index (χ0n) is 12.6. The number of thiocarbonyl (C=S) groups is 1. The van der Waals surface area contributed by atoms with Crippen molar-refractivity contribution in [2.24, 2.45) is 0 Å². The lowest BCUT2D eigenvalue weighted by atomic mass is 10.0. The molecule has 2 aromatic rings. The van der Waals surface area contributed by atoms with E-state index in [2.05, 4.69) is 52.6 Å². The van der Waals surface area contributed by atoms with Gasteiger partial charge in [0, 0.05) is 18.8 Å². The lowest BCUT2D eigenvalue weighted by Crippen LogP contribution is -2.34. The smallest absolute Gasteiger partial charge is 0.170 e. The van der Waals surface area contributed by atoms with E-state index in [0.29, 0.717) is 11.2 Å². The average Bonchev–Trinajstić information content (AvgIpc) is 3.20. The monoisotopic (exact) mass is 332 g/mol. The summed E-state index contributed by atoms with van der Waals surface area (Å²) in [5.41, 5.74) is 4.77. The molecule has 5 heteroatoms. The fourth-order valence-electron chi connectivity index (χ4n) is 2.62. The van der Waals surface area contributed by atoms with Gasteiger partial charge in [0.15, 0.2) is 5.11 Å². The van der Waals surface area contributed by atoms with E-state index in [1.807, 2.05) is 0 Å². The molecule has 1 aromatic carbocycles. The number of thiophene rings is 1. The second-order valence-electron chi connectivity index (χ2n) is 5.51. The van der Waals surface area contributed by atoms with Crippen molar-refractivity contribution in [2.75, 3.05) is 18.5 Å². The molecule has 0 spiro atoms. The molecule has 0 saturated carbocycles. The SMILES string of the molecule is Cc1ccc(NC(=S)NCC2CCCO2)cc1-c1ccsc1. The minimum atomic E-state index is 0.291. The van der Waals surface area contributed by atoms with Crippen LogP contribution in [0.5, 0.6) is 0 Å². The van der Waals surface area contributed by atoms with Crippen LogP contribution in [0.15, 0.2) is 35.0 Å². The Bertz CT molecular complexity index is 634. The van der Waals surface area contributed by atoms with Crippen molar-refractivity contribution in [2.45, 2.75) is 25.9 Å². The highest BCUT2D eigenvalue weighted by Crippen LogP contribution is 2.28. The maximum atomic E-state index is 5.59. The van der Waals surface area contributed by atoms with Gasteiger partial charge < -0.3 is 15.4 Å². The predicted octanol–water partition coefficient (Wildman–Crippen LogP) is 4.19. The molecule has 1 fully saturated rings. The van der Waals surface area contributed by atoms with Crippen molar-refractivity contribution >= 4 is 34.4 Å². The Balaban J connectivity index is 1.62.